The van der Waals surface area contributed by atoms with Crippen LogP contribution in [0.15, 0.2) is 73.1 Å². The van der Waals surface area contributed by atoms with E-state index in [0.717, 1.165) is 11.4 Å². The van der Waals surface area contributed by atoms with Crippen molar-refractivity contribution in [2.75, 3.05) is 0 Å². The fourth-order valence-electron chi connectivity index (χ4n) is 4.35. The van der Waals surface area contributed by atoms with E-state index in [1.165, 1.54) is 37.0 Å². The zero-order valence-electron chi connectivity index (χ0n) is 17.9. The molecule has 0 aliphatic heterocycles. The summed E-state index contributed by atoms with van der Waals surface area (Å²) in [4.78, 5) is 4.80. The van der Waals surface area contributed by atoms with E-state index >= 15 is 0 Å². The molecular weight excluding hydrogens is 384 g/mol. The summed E-state index contributed by atoms with van der Waals surface area (Å²) < 4.78 is 4.95. The van der Waals surface area contributed by atoms with Crippen molar-refractivity contribution in [1.29, 1.82) is 0 Å². The monoisotopic (exact) mass is 410 g/mol. The highest BCUT2D eigenvalue weighted by Crippen LogP contribution is 2.38. The van der Waals surface area contributed by atoms with Gasteiger partial charge in [0, 0.05) is 38.1 Å². The van der Waals surface area contributed by atoms with Crippen molar-refractivity contribution in [3.8, 4) is 17.1 Å². The largest absolute Gasteiger partial charge is 0.299 e. The number of thiophene rings is 1. The molecule has 0 spiro atoms. The lowest BCUT2D eigenvalue weighted by Crippen LogP contribution is -2.07. The van der Waals surface area contributed by atoms with Crippen molar-refractivity contribution in [3.05, 3.63) is 84.2 Å². The van der Waals surface area contributed by atoms with Crippen LogP contribution in [0.4, 0.5) is 0 Å². The Balaban J connectivity index is 1.74. The van der Waals surface area contributed by atoms with Gasteiger partial charge in [0.2, 0.25) is 0 Å². The van der Waals surface area contributed by atoms with Crippen LogP contribution in [0.5, 0.6) is 0 Å². The number of aromatic nitrogens is 2. The minimum atomic E-state index is 0.442. The van der Waals surface area contributed by atoms with Gasteiger partial charge in [0.05, 0.1) is 5.69 Å². The molecule has 0 unspecified atom stereocenters. The summed E-state index contributed by atoms with van der Waals surface area (Å²) in [6.45, 7) is 9.07. The third-order valence-corrected chi connectivity index (χ3v) is 7.01. The van der Waals surface area contributed by atoms with E-state index in [-0.39, 0.29) is 0 Å². The number of benzene rings is 3. The van der Waals surface area contributed by atoms with Crippen LogP contribution in [0.3, 0.4) is 0 Å². The minimum absolute atomic E-state index is 0.442. The van der Waals surface area contributed by atoms with Gasteiger partial charge in [-0.05, 0) is 47.2 Å². The predicted octanol–water partition coefficient (Wildman–Crippen LogP) is 8.15. The molecule has 5 rings (SSSR count). The Bertz CT molecular complexity index is 1330. The van der Waals surface area contributed by atoms with Crippen LogP contribution in [0.1, 0.15) is 50.7 Å². The molecule has 0 fully saturated rings. The van der Waals surface area contributed by atoms with E-state index in [2.05, 4.69) is 99.1 Å². The van der Waals surface area contributed by atoms with Crippen LogP contribution in [0, 0.1) is 0 Å². The average molecular weight is 411 g/mol. The molecule has 0 atom stereocenters. The summed E-state index contributed by atoms with van der Waals surface area (Å²) in [5.74, 6) is 1.89. The van der Waals surface area contributed by atoms with Crippen LogP contribution < -0.4 is 0 Å². The molecule has 0 N–H and O–H groups in total. The molecule has 0 aliphatic rings. The average Bonchev–Trinajstić information content (AvgIpc) is 3.37. The summed E-state index contributed by atoms with van der Waals surface area (Å²) in [7, 11) is 0. The topological polar surface area (TPSA) is 17.8 Å². The van der Waals surface area contributed by atoms with E-state index in [1.807, 2.05) is 17.5 Å². The molecule has 2 heterocycles. The first-order chi connectivity index (χ1) is 14.5. The van der Waals surface area contributed by atoms with Crippen molar-refractivity contribution in [2.45, 2.75) is 39.5 Å². The van der Waals surface area contributed by atoms with Crippen molar-refractivity contribution in [3.63, 3.8) is 0 Å². The lowest BCUT2D eigenvalue weighted by Gasteiger charge is -2.21. The maximum Gasteiger partial charge on any atom is 0.144 e. The predicted molar refractivity (Wildman–Crippen MR) is 130 cm³/mol. The van der Waals surface area contributed by atoms with E-state index < -0.39 is 0 Å². The Kier molecular flexibility index (Phi) is 4.71. The van der Waals surface area contributed by atoms with Gasteiger partial charge < -0.3 is 0 Å². The zero-order chi connectivity index (χ0) is 20.8. The summed E-state index contributed by atoms with van der Waals surface area (Å²) >= 11 is 1.85. The van der Waals surface area contributed by atoms with Crippen LogP contribution in [-0.4, -0.2) is 9.55 Å². The lowest BCUT2D eigenvalue weighted by molar-refractivity contribution is 0.807. The molecule has 2 aromatic heterocycles. The number of fused-ring (bicyclic) bond motifs is 3. The van der Waals surface area contributed by atoms with E-state index in [9.17, 15) is 0 Å². The first-order valence-corrected chi connectivity index (χ1v) is 11.4. The second-order valence-corrected chi connectivity index (χ2v) is 9.61. The molecule has 150 valence electrons. The van der Waals surface area contributed by atoms with Gasteiger partial charge in [-0.25, -0.2) is 4.98 Å². The van der Waals surface area contributed by atoms with Crippen LogP contribution >= 0.6 is 11.3 Å². The van der Waals surface area contributed by atoms with Crippen molar-refractivity contribution < 1.29 is 0 Å². The molecule has 0 saturated carbocycles. The Morgan fingerprint density at radius 1 is 0.767 bits per heavy atom. The highest BCUT2D eigenvalue weighted by Gasteiger charge is 2.19. The molecule has 0 amide bonds. The van der Waals surface area contributed by atoms with Gasteiger partial charge in [0.25, 0.3) is 0 Å². The SMILES string of the molecule is CC(C)c1cccc(C(C)C)c1-n1ccnc1-c1ccc2sc3ccccc3c2c1. The first kappa shape index (κ1) is 19.1. The molecule has 3 aromatic carbocycles. The van der Waals surface area contributed by atoms with E-state index in [1.54, 1.807) is 0 Å². The normalized spacial score (nSPS) is 11.9. The van der Waals surface area contributed by atoms with Crippen LogP contribution in [0.25, 0.3) is 37.2 Å². The first-order valence-electron chi connectivity index (χ1n) is 10.6. The van der Waals surface area contributed by atoms with Crippen molar-refractivity contribution in [1.82, 2.24) is 9.55 Å². The summed E-state index contributed by atoms with van der Waals surface area (Å²) in [5.41, 5.74) is 5.17. The lowest BCUT2D eigenvalue weighted by atomic mass is 9.92. The van der Waals surface area contributed by atoms with Gasteiger partial charge in [0.15, 0.2) is 0 Å². The third kappa shape index (κ3) is 3.05. The molecule has 0 saturated heterocycles. The fraction of sp³-hybridized carbons (Fsp3) is 0.222. The van der Waals surface area contributed by atoms with E-state index in [0.29, 0.717) is 11.8 Å². The number of rotatable bonds is 4. The molecule has 2 nitrogen and oxygen atoms in total. The number of hydrogen-bond donors (Lipinski definition) is 0. The summed E-state index contributed by atoms with van der Waals surface area (Å²) in [6, 6.07) is 22.1. The van der Waals surface area contributed by atoms with Gasteiger partial charge in [-0.1, -0.05) is 64.1 Å². The highest BCUT2D eigenvalue weighted by molar-refractivity contribution is 7.25. The molecule has 0 radical (unpaired) electrons. The second-order valence-electron chi connectivity index (χ2n) is 8.52. The van der Waals surface area contributed by atoms with E-state index in [4.69, 9.17) is 4.98 Å². The van der Waals surface area contributed by atoms with Gasteiger partial charge in [-0.15, -0.1) is 11.3 Å². The van der Waals surface area contributed by atoms with Gasteiger partial charge in [0.1, 0.15) is 5.82 Å². The van der Waals surface area contributed by atoms with Gasteiger partial charge in [-0.3, -0.25) is 4.57 Å². The maximum atomic E-state index is 4.80. The fourth-order valence-corrected chi connectivity index (χ4v) is 5.44. The molecule has 0 bridgehead atoms. The Morgan fingerprint density at radius 3 is 2.20 bits per heavy atom. The van der Waals surface area contributed by atoms with Crippen molar-refractivity contribution in [2.24, 2.45) is 0 Å². The summed E-state index contributed by atoms with van der Waals surface area (Å²) in [6.07, 6.45) is 4.03. The third-order valence-electron chi connectivity index (χ3n) is 5.86. The van der Waals surface area contributed by atoms with Gasteiger partial charge in [-0.2, -0.15) is 0 Å². The molecule has 30 heavy (non-hydrogen) atoms. The Morgan fingerprint density at radius 2 is 1.47 bits per heavy atom. The number of hydrogen-bond acceptors (Lipinski definition) is 2. The quantitative estimate of drug-likeness (QED) is 0.292. The highest BCUT2D eigenvalue weighted by atomic mass is 32.1. The standard InChI is InChI=1S/C27H26N2S/c1-17(2)20-9-7-10-21(18(3)4)26(20)29-15-14-28-27(29)19-12-13-25-23(16-19)22-8-5-6-11-24(22)30-25/h5-18H,1-4H3. The Hall–Kier alpha value is -2.91. The minimum Gasteiger partial charge on any atom is -0.299 e. The Labute approximate surface area is 181 Å². The molecular formula is C27H26N2S. The molecule has 0 aliphatic carbocycles. The maximum absolute atomic E-state index is 4.80. The second kappa shape index (κ2) is 7.41. The number of para-hydroxylation sites is 1. The number of nitrogens with zero attached hydrogens (tertiary/aromatic N) is 2. The summed E-state index contributed by atoms with van der Waals surface area (Å²) in [5, 5.41) is 2.63. The molecule has 3 heteroatoms. The van der Waals surface area contributed by atoms with Crippen molar-refractivity contribution >= 4 is 31.5 Å². The smallest absolute Gasteiger partial charge is 0.144 e. The van der Waals surface area contributed by atoms with Crippen LogP contribution in [-0.2, 0) is 0 Å². The molecule has 5 aromatic rings. The van der Waals surface area contributed by atoms with Crippen LogP contribution in [0.2, 0.25) is 0 Å². The van der Waals surface area contributed by atoms with Gasteiger partial charge >= 0.3 is 0 Å². The number of imidazole rings is 1. The zero-order valence-corrected chi connectivity index (χ0v) is 18.7.